The molecule has 1 atom stereocenters. The van der Waals surface area contributed by atoms with Crippen molar-refractivity contribution in [1.29, 1.82) is 0 Å². The first-order valence-electron chi connectivity index (χ1n) is 6.86. The molecule has 0 aliphatic carbocycles. The van der Waals surface area contributed by atoms with Crippen LogP contribution in [0.4, 0.5) is 14.5 Å². The first-order valence-corrected chi connectivity index (χ1v) is 8.51. The number of nitro benzene ring substituents is 1. The zero-order valence-electron chi connectivity index (χ0n) is 12.6. The van der Waals surface area contributed by atoms with Gasteiger partial charge in [0.2, 0.25) is 10.0 Å². The van der Waals surface area contributed by atoms with Crippen LogP contribution < -0.4 is 4.72 Å². The Morgan fingerprint density at radius 2 is 1.75 bits per heavy atom. The molecule has 9 heteroatoms. The number of non-ortho nitro benzene ring substituents is 1. The van der Waals surface area contributed by atoms with Crippen molar-refractivity contribution in [2.75, 3.05) is 0 Å². The highest BCUT2D eigenvalue weighted by Crippen LogP contribution is 2.18. The summed E-state index contributed by atoms with van der Waals surface area (Å²) < 4.78 is 52.8. The van der Waals surface area contributed by atoms with Crippen molar-refractivity contribution in [2.45, 2.75) is 18.7 Å². The summed E-state index contributed by atoms with van der Waals surface area (Å²) in [6, 6.07) is 7.49. The van der Waals surface area contributed by atoms with Crippen molar-refractivity contribution in [3.63, 3.8) is 0 Å². The van der Waals surface area contributed by atoms with Gasteiger partial charge in [-0.15, -0.1) is 0 Å². The molecule has 0 aromatic heterocycles. The Kier molecular flexibility index (Phi) is 5.25. The highest BCUT2D eigenvalue weighted by atomic mass is 32.2. The van der Waals surface area contributed by atoms with Gasteiger partial charge in [-0.2, -0.15) is 0 Å². The first kappa shape index (κ1) is 18.0. The van der Waals surface area contributed by atoms with Crippen LogP contribution in [0.1, 0.15) is 24.1 Å². The Balaban J connectivity index is 2.09. The summed E-state index contributed by atoms with van der Waals surface area (Å²) in [5.74, 6) is -2.47. The monoisotopic (exact) mass is 356 g/mol. The van der Waals surface area contributed by atoms with E-state index in [0.29, 0.717) is 5.56 Å². The summed E-state index contributed by atoms with van der Waals surface area (Å²) >= 11 is 0. The first-order chi connectivity index (χ1) is 11.2. The zero-order valence-corrected chi connectivity index (χ0v) is 13.4. The Labute approximate surface area is 137 Å². The smallest absolute Gasteiger partial charge is 0.258 e. The molecule has 0 heterocycles. The largest absolute Gasteiger partial charge is 0.269 e. The minimum absolute atomic E-state index is 0.140. The second-order valence-electron chi connectivity index (χ2n) is 5.20. The number of hydrogen-bond acceptors (Lipinski definition) is 4. The number of sulfonamides is 1. The maximum Gasteiger partial charge on any atom is 0.269 e. The van der Waals surface area contributed by atoms with E-state index in [2.05, 4.69) is 4.72 Å². The van der Waals surface area contributed by atoms with Crippen molar-refractivity contribution in [2.24, 2.45) is 0 Å². The fourth-order valence-corrected chi connectivity index (χ4v) is 3.48. The minimum Gasteiger partial charge on any atom is -0.258 e. The Morgan fingerprint density at radius 1 is 1.12 bits per heavy atom. The molecule has 2 aromatic carbocycles. The highest BCUT2D eigenvalue weighted by Gasteiger charge is 2.18. The maximum atomic E-state index is 13.2. The third kappa shape index (κ3) is 4.56. The minimum atomic E-state index is -3.77. The molecule has 1 N–H and O–H groups in total. The molecule has 128 valence electrons. The summed E-state index contributed by atoms with van der Waals surface area (Å²) in [6.07, 6.45) is 0. The summed E-state index contributed by atoms with van der Waals surface area (Å²) in [4.78, 5) is 9.99. The molecule has 2 aromatic rings. The molecule has 0 saturated carbocycles. The summed E-state index contributed by atoms with van der Waals surface area (Å²) in [7, 11) is -3.77. The number of halogens is 2. The quantitative estimate of drug-likeness (QED) is 0.636. The van der Waals surface area contributed by atoms with Crippen LogP contribution in [-0.4, -0.2) is 13.3 Å². The van der Waals surface area contributed by atoms with Crippen LogP contribution in [0.3, 0.4) is 0 Å². The van der Waals surface area contributed by atoms with Crippen molar-refractivity contribution in [1.82, 2.24) is 4.72 Å². The van der Waals surface area contributed by atoms with E-state index in [9.17, 15) is 27.3 Å². The third-order valence-corrected chi connectivity index (χ3v) is 4.73. The van der Waals surface area contributed by atoms with Gasteiger partial charge < -0.3 is 0 Å². The molecule has 1 unspecified atom stereocenters. The predicted octanol–water partition coefficient (Wildman–Crippen LogP) is 3.05. The molecule has 0 fully saturated rings. The van der Waals surface area contributed by atoms with Crippen molar-refractivity contribution in [3.05, 3.63) is 75.3 Å². The SMILES string of the molecule is CC(NS(=O)(=O)Cc1ccc([N+](=O)[O-])cc1)c1ccc(F)c(F)c1. The number of hydrogen-bond donors (Lipinski definition) is 1. The molecule has 0 amide bonds. The lowest BCUT2D eigenvalue weighted by molar-refractivity contribution is -0.384. The van der Waals surface area contributed by atoms with E-state index >= 15 is 0 Å². The topological polar surface area (TPSA) is 89.3 Å². The second kappa shape index (κ2) is 7.02. The van der Waals surface area contributed by atoms with Crippen molar-refractivity contribution >= 4 is 15.7 Å². The fraction of sp³-hybridized carbons (Fsp3) is 0.200. The van der Waals surface area contributed by atoms with Gasteiger partial charge in [-0.1, -0.05) is 18.2 Å². The molecule has 0 radical (unpaired) electrons. The van der Waals surface area contributed by atoms with Gasteiger partial charge in [0, 0.05) is 18.2 Å². The Morgan fingerprint density at radius 3 is 2.29 bits per heavy atom. The van der Waals surface area contributed by atoms with Crippen LogP contribution in [0.5, 0.6) is 0 Å². The third-order valence-electron chi connectivity index (χ3n) is 3.30. The molecular formula is C15H14F2N2O4S. The Hall–Kier alpha value is -2.39. The second-order valence-corrected chi connectivity index (χ2v) is 6.95. The lowest BCUT2D eigenvalue weighted by Gasteiger charge is -2.15. The van der Waals surface area contributed by atoms with E-state index in [-0.39, 0.29) is 17.0 Å². The number of rotatable bonds is 6. The summed E-state index contributed by atoms with van der Waals surface area (Å²) in [6.45, 7) is 1.50. The predicted molar refractivity (Wildman–Crippen MR) is 83.6 cm³/mol. The fourth-order valence-electron chi connectivity index (χ4n) is 2.09. The highest BCUT2D eigenvalue weighted by molar-refractivity contribution is 7.88. The molecule has 0 bridgehead atoms. The van der Waals surface area contributed by atoms with E-state index in [4.69, 9.17) is 0 Å². The Bertz CT molecular complexity index is 854. The van der Waals surface area contributed by atoms with E-state index in [1.807, 2.05) is 0 Å². The molecule has 6 nitrogen and oxygen atoms in total. The molecule has 0 saturated heterocycles. The molecule has 2 rings (SSSR count). The van der Waals surface area contributed by atoms with E-state index in [1.165, 1.54) is 37.3 Å². The molecule has 24 heavy (non-hydrogen) atoms. The van der Waals surface area contributed by atoms with Gasteiger partial charge in [0.1, 0.15) is 0 Å². The maximum absolute atomic E-state index is 13.2. The van der Waals surface area contributed by atoms with Crippen molar-refractivity contribution < 1.29 is 22.1 Å². The number of nitrogens with one attached hydrogen (secondary N) is 1. The standard InChI is InChI=1S/C15H14F2N2O4S/c1-10(12-4-7-14(16)15(17)8-12)18-24(22,23)9-11-2-5-13(6-3-11)19(20)21/h2-8,10,18H,9H2,1H3. The van der Waals surface area contributed by atoms with Crippen LogP contribution in [0.25, 0.3) is 0 Å². The van der Waals surface area contributed by atoms with E-state index < -0.39 is 32.6 Å². The van der Waals surface area contributed by atoms with Gasteiger partial charge in [-0.3, -0.25) is 10.1 Å². The van der Waals surface area contributed by atoms with Gasteiger partial charge >= 0.3 is 0 Å². The molecular weight excluding hydrogens is 342 g/mol. The zero-order chi connectivity index (χ0) is 17.9. The van der Waals surface area contributed by atoms with Gasteiger partial charge in [0.15, 0.2) is 11.6 Å². The van der Waals surface area contributed by atoms with Crippen LogP contribution >= 0.6 is 0 Å². The number of nitrogens with zero attached hydrogens (tertiary/aromatic N) is 1. The number of benzene rings is 2. The van der Waals surface area contributed by atoms with Gasteiger partial charge in [0.25, 0.3) is 5.69 Å². The summed E-state index contributed by atoms with van der Waals surface area (Å²) in [5.41, 5.74) is 0.506. The van der Waals surface area contributed by atoms with Crippen LogP contribution in [0, 0.1) is 21.7 Å². The lowest BCUT2D eigenvalue weighted by atomic mass is 10.1. The van der Waals surface area contributed by atoms with Gasteiger partial charge in [0.05, 0.1) is 10.7 Å². The molecule has 0 aliphatic heterocycles. The van der Waals surface area contributed by atoms with Gasteiger partial charge in [-0.05, 0) is 30.2 Å². The van der Waals surface area contributed by atoms with E-state index in [1.54, 1.807) is 0 Å². The average molecular weight is 356 g/mol. The average Bonchev–Trinajstić information content (AvgIpc) is 2.49. The molecule has 0 spiro atoms. The lowest BCUT2D eigenvalue weighted by Crippen LogP contribution is -2.28. The summed E-state index contributed by atoms with van der Waals surface area (Å²) in [5, 5.41) is 10.6. The van der Waals surface area contributed by atoms with Crippen LogP contribution in [0.2, 0.25) is 0 Å². The van der Waals surface area contributed by atoms with Gasteiger partial charge in [-0.25, -0.2) is 21.9 Å². The normalized spacial score (nSPS) is 12.8. The van der Waals surface area contributed by atoms with Crippen LogP contribution in [0.15, 0.2) is 42.5 Å². The number of nitro groups is 1. The van der Waals surface area contributed by atoms with E-state index in [0.717, 1.165) is 12.1 Å². The van der Waals surface area contributed by atoms with Crippen LogP contribution in [-0.2, 0) is 15.8 Å². The molecule has 0 aliphatic rings. The van der Waals surface area contributed by atoms with Crippen molar-refractivity contribution in [3.8, 4) is 0 Å².